The van der Waals surface area contributed by atoms with Crippen molar-refractivity contribution in [3.63, 3.8) is 0 Å². The number of aliphatic hydroxyl groups is 1. The highest BCUT2D eigenvalue weighted by Crippen LogP contribution is 2.33. The summed E-state index contributed by atoms with van der Waals surface area (Å²) in [6.45, 7) is 7.58. The highest BCUT2D eigenvalue weighted by Gasteiger charge is 2.45. The minimum atomic E-state index is -0.852. The zero-order valence-electron chi connectivity index (χ0n) is 26.9. The lowest BCUT2D eigenvalue weighted by Gasteiger charge is -2.35. The van der Waals surface area contributed by atoms with E-state index in [0.29, 0.717) is 31.0 Å². The normalized spacial score (nSPS) is 18.3. The molecular weight excluding hydrogens is 602 g/mol. The minimum absolute atomic E-state index is 0.0382. The molecule has 0 bridgehead atoms. The predicted molar refractivity (Wildman–Crippen MR) is 178 cm³/mol. The number of unbranched alkanes of at least 4 members (excludes halogenated alkanes) is 3. The third-order valence-corrected chi connectivity index (χ3v) is 9.80. The molecule has 0 aliphatic carbocycles. The second kappa shape index (κ2) is 15.2. The number of nitrogens with one attached hydrogen (secondary N) is 1. The molecule has 2 aliphatic heterocycles. The molecule has 0 radical (unpaired) electrons. The van der Waals surface area contributed by atoms with E-state index >= 15 is 0 Å². The number of nitrogens with two attached hydrogens (primary N) is 1. The van der Waals surface area contributed by atoms with Crippen LogP contribution in [0.4, 0.5) is 0 Å². The van der Waals surface area contributed by atoms with Crippen molar-refractivity contribution in [1.82, 2.24) is 20.1 Å². The van der Waals surface area contributed by atoms with Crippen LogP contribution < -0.4 is 15.8 Å². The Labute approximate surface area is 274 Å². The summed E-state index contributed by atoms with van der Waals surface area (Å²) in [4.78, 5) is 49.5. The highest BCUT2D eigenvalue weighted by atomic mass is 32.1. The number of hydrogen-bond donors (Lipinski definition) is 3. The number of thiazole rings is 1. The van der Waals surface area contributed by atoms with Crippen LogP contribution in [0.2, 0.25) is 0 Å². The number of hydrogen-bond acceptors (Lipinski definition) is 8. The summed E-state index contributed by atoms with van der Waals surface area (Å²) in [7, 11) is 0. The standard InChI is InChI=1S/C35H45N5O5S/c1-22(2)31(40-19-26-10-6-7-11-28(26)34(40)43)35(44)39-20-27(41)17-29(39)33(42)37-18-25-13-12-24(32-23(3)38-21-46-32)16-30(25)45-15-9-5-4-8-14-36/h6-7,10-13,16,21-22,27,29,31,41H,4-5,8-9,14-15,17-20,36H2,1-3H3,(H,37,42)/t27-,29+,31+/m1/s1. The van der Waals surface area contributed by atoms with Crippen molar-refractivity contribution in [2.75, 3.05) is 19.7 Å². The van der Waals surface area contributed by atoms with Crippen LogP contribution in [0.1, 0.15) is 73.1 Å². The van der Waals surface area contributed by atoms with Crippen LogP contribution in [0.3, 0.4) is 0 Å². The molecule has 1 saturated heterocycles. The lowest BCUT2D eigenvalue weighted by molar-refractivity contribution is -0.143. The summed E-state index contributed by atoms with van der Waals surface area (Å²) in [5.41, 5.74) is 11.7. The molecule has 10 nitrogen and oxygen atoms in total. The largest absolute Gasteiger partial charge is 0.493 e. The highest BCUT2D eigenvalue weighted by molar-refractivity contribution is 7.13. The molecule has 0 spiro atoms. The van der Waals surface area contributed by atoms with Gasteiger partial charge in [0.25, 0.3) is 5.91 Å². The van der Waals surface area contributed by atoms with Gasteiger partial charge in [0.15, 0.2) is 0 Å². The number of likely N-dealkylation sites (tertiary alicyclic amines) is 1. The number of carbonyl (C=O) groups excluding carboxylic acids is 3. The molecule has 46 heavy (non-hydrogen) atoms. The molecule has 3 atom stereocenters. The average Bonchev–Trinajstić information content (AvgIpc) is 3.74. The van der Waals surface area contributed by atoms with Gasteiger partial charge in [0.2, 0.25) is 11.8 Å². The van der Waals surface area contributed by atoms with Crippen LogP contribution in [-0.2, 0) is 22.7 Å². The first-order valence-electron chi connectivity index (χ1n) is 16.2. The summed E-state index contributed by atoms with van der Waals surface area (Å²) < 4.78 is 6.24. The zero-order valence-corrected chi connectivity index (χ0v) is 27.7. The topological polar surface area (TPSA) is 138 Å². The van der Waals surface area contributed by atoms with E-state index in [4.69, 9.17) is 10.5 Å². The van der Waals surface area contributed by atoms with Gasteiger partial charge in [-0.1, -0.05) is 57.0 Å². The molecule has 1 aromatic heterocycles. The SMILES string of the molecule is Cc1ncsc1-c1ccc(CNC(=O)[C@@H]2C[C@@H](O)CN2C(=O)[C@H](C(C)C)N2Cc3ccccc3C2=O)c(OCCCCCCN)c1. The predicted octanol–water partition coefficient (Wildman–Crippen LogP) is 4.28. The van der Waals surface area contributed by atoms with E-state index in [0.717, 1.165) is 52.9 Å². The number of fused-ring (bicyclic) bond motifs is 1. The van der Waals surface area contributed by atoms with Crippen LogP contribution >= 0.6 is 11.3 Å². The number of aryl methyl sites for hydroxylation is 1. The number of amides is 3. The Bertz CT molecular complexity index is 1540. The molecule has 5 rings (SSSR count). The first-order chi connectivity index (χ1) is 22.2. The maximum atomic E-state index is 14.1. The van der Waals surface area contributed by atoms with Crippen molar-refractivity contribution in [2.45, 2.75) is 84.2 Å². The van der Waals surface area contributed by atoms with Crippen LogP contribution in [0.5, 0.6) is 5.75 Å². The number of aliphatic hydroxyl groups excluding tert-OH is 1. The average molecular weight is 648 g/mol. The molecule has 3 amide bonds. The molecular formula is C35H45N5O5S. The lowest BCUT2D eigenvalue weighted by atomic mass is 10.0. The van der Waals surface area contributed by atoms with Crippen LogP contribution in [-0.4, -0.2) is 75.5 Å². The number of nitrogens with zero attached hydrogens (tertiary/aromatic N) is 3. The summed E-state index contributed by atoms with van der Waals surface area (Å²) in [5.74, 6) is -0.361. The summed E-state index contributed by atoms with van der Waals surface area (Å²) in [5, 5.41) is 13.6. The second-order valence-electron chi connectivity index (χ2n) is 12.5. The smallest absolute Gasteiger partial charge is 0.255 e. The zero-order chi connectivity index (χ0) is 32.8. The number of carbonyl (C=O) groups is 3. The van der Waals surface area contributed by atoms with Crippen molar-refractivity contribution < 1.29 is 24.2 Å². The van der Waals surface area contributed by atoms with Crippen molar-refractivity contribution in [3.8, 4) is 16.2 Å². The van der Waals surface area contributed by atoms with Crippen molar-refractivity contribution in [3.05, 3.63) is 70.4 Å². The Kier molecular flexibility index (Phi) is 11.1. The van der Waals surface area contributed by atoms with E-state index in [1.807, 2.05) is 62.7 Å². The van der Waals surface area contributed by atoms with Crippen molar-refractivity contribution >= 4 is 29.1 Å². The Morgan fingerprint density at radius 3 is 2.65 bits per heavy atom. The Morgan fingerprint density at radius 2 is 1.93 bits per heavy atom. The third kappa shape index (κ3) is 7.43. The first-order valence-corrected chi connectivity index (χ1v) is 17.1. The maximum absolute atomic E-state index is 14.1. The van der Waals surface area contributed by atoms with Crippen molar-refractivity contribution in [2.24, 2.45) is 11.7 Å². The molecule has 0 saturated carbocycles. The number of aromatic nitrogens is 1. The summed E-state index contributed by atoms with van der Waals surface area (Å²) in [6.07, 6.45) is 3.27. The Morgan fingerprint density at radius 1 is 1.15 bits per heavy atom. The summed E-state index contributed by atoms with van der Waals surface area (Å²) >= 11 is 1.57. The molecule has 3 aromatic rings. The third-order valence-electron chi connectivity index (χ3n) is 8.82. The lowest BCUT2D eigenvalue weighted by Crippen LogP contribution is -2.55. The molecule has 3 heterocycles. The Hall–Kier alpha value is -3.80. The number of ether oxygens (including phenoxy) is 1. The molecule has 11 heteroatoms. The van der Waals surface area contributed by atoms with Crippen LogP contribution in [0.15, 0.2) is 48.0 Å². The molecule has 2 aromatic carbocycles. The molecule has 4 N–H and O–H groups in total. The summed E-state index contributed by atoms with van der Waals surface area (Å²) in [6, 6.07) is 11.7. The monoisotopic (exact) mass is 647 g/mol. The molecule has 0 unspecified atom stereocenters. The minimum Gasteiger partial charge on any atom is -0.493 e. The van der Waals surface area contributed by atoms with Gasteiger partial charge in [0, 0.05) is 37.2 Å². The number of β-amino-alcohol motifs (C(OH)–C–C–N with tert-alkyl or cyclic N) is 1. The maximum Gasteiger partial charge on any atom is 0.255 e. The van der Waals surface area contributed by atoms with Gasteiger partial charge in [-0.25, -0.2) is 4.98 Å². The first kappa shape index (κ1) is 33.6. The quantitative estimate of drug-likeness (QED) is 0.222. The van der Waals surface area contributed by atoms with E-state index in [1.54, 1.807) is 22.3 Å². The van der Waals surface area contributed by atoms with Gasteiger partial charge in [0.1, 0.15) is 17.8 Å². The van der Waals surface area contributed by atoms with Gasteiger partial charge < -0.3 is 30.7 Å². The van der Waals surface area contributed by atoms with Gasteiger partial charge in [-0.15, -0.1) is 11.3 Å². The van der Waals surface area contributed by atoms with Gasteiger partial charge in [-0.05, 0) is 55.5 Å². The van der Waals surface area contributed by atoms with E-state index in [2.05, 4.69) is 10.3 Å². The molecule has 1 fully saturated rings. The Balaban J connectivity index is 1.29. The number of benzene rings is 2. The van der Waals surface area contributed by atoms with Gasteiger partial charge in [0.05, 0.1) is 28.8 Å². The van der Waals surface area contributed by atoms with E-state index in [9.17, 15) is 19.5 Å². The van der Waals surface area contributed by atoms with E-state index < -0.39 is 18.2 Å². The van der Waals surface area contributed by atoms with Crippen molar-refractivity contribution in [1.29, 1.82) is 0 Å². The molecule has 2 aliphatic rings. The van der Waals surface area contributed by atoms with Gasteiger partial charge >= 0.3 is 0 Å². The fraction of sp³-hybridized carbons (Fsp3) is 0.486. The van der Waals surface area contributed by atoms with Crippen LogP contribution in [0.25, 0.3) is 10.4 Å². The fourth-order valence-corrected chi connectivity index (χ4v) is 7.20. The number of rotatable bonds is 14. The molecule has 246 valence electrons. The van der Waals surface area contributed by atoms with E-state index in [1.165, 1.54) is 4.90 Å². The fourth-order valence-electron chi connectivity index (χ4n) is 6.39. The van der Waals surface area contributed by atoms with E-state index in [-0.39, 0.29) is 43.1 Å². The van der Waals surface area contributed by atoms with Crippen LogP contribution in [0, 0.1) is 12.8 Å². The second-order valence-corrected chi connectivity index (χ2v) is 13.4. The van der Waals surface area contributed by atoms with Gasteiger partial charge in [-0.3, -0.25) is 14.4 Å². The van der Waals surface area contributed by atoms with Gasteiger partial charge in [-0.2, -0.15) is 0 Å².